The Bertz CT molecular complexity index is 337. The zero-order valence-corrected chi connectivity index (χ0v) is 8.51. The number of benzene rings is 1. The fraction of sp³-hybridized carbons (Fsp3) is 0.300. The van der Waals surface area contributed by atoms with E-state index in [0.29, 0.717) is 6.73 Å². The van der Waals surface area contributed by atoms with Gasteiger partial charge < -0.3 is 4.74 Å². The highest BCUT2D eigenvalue weighted by Gasteiger charge is 2.15. The maximum absolute atomic E-state index is 5.59. The molecule has 2 nitrogen and oxygen atoms in total. The van der Waals surface area contributed by atoms with E-state index in [-0.39, 0.29) is 10.7 Å². The minimum absolute atomic E-state index is 0.0490. The van der Waals surface area contributed by atoms with Gasteiger partial charge >= 0.3 is 0 Å². The predicted molar refractivity (Wildman–Crippen MR) is 58.1 cm³/mol. The van der Waals surface area contributed by atoms with Crippen LogP contribution in [0.25, 0.3) is 0 Å². The number of nitrogens with zero attached hydrogens (tertiary/aromatic N) is 1. The zero-order chi connectivity index (χ0) is 9.26. The van der Waals surface area contributed by atoms with Gasteiger partial charge in [0.1, 0.15) is 5.75 Å². The van der Waals surface area contributed by atoms with Crippen LogP contribution in [-0.4, -0.2) is 23.2 Å². The SMILES string of the molecule is C=S(C)N1COc2ccccc2C1. The van der Waals surface area contributed by atoms with Gasteiger partial charge in [-0.25, -0.2) is 4.31 Å². The van der Waals surface area contributed by atoms with Crippen molar-refractivity contribution in [3.63, 3.8) is 0 Å². The molecule has 0 saturated carbocycles. The molecule has 0 radical (unpaired) electrons. The van der Waals surface area contributed by atoms with Gasteiger partial charge in [-0.1, -0.05) is 24.1 Å². The Morgan fingerprint density at radius 1 is 1.46 bits per heavy atom. The highest BCUT2D eigenvalue weighted by Crippen LogP contribution is 2.28. The third-order valence-corrected chi connectivity index (χ3v) is 3.24. The highest BCUT2D eigenvalue weighted by atomic mass is 32.2. The molecule has 13 heavy (non-hydrogen) atoms. The Balaban J connectivity index is 2.24. The summed E-state index contributed by atoms with van der Waals surface area (Å²) < 4.78 is 7.81. The molecule has 0 spiro atoms. The van der Waals surface area contributed by atoms with Gasteiger partial charge in [0.25, 0.3) is 0 Å². The van der Waals surface area contributed by atoms with E-state index in [2.05, 4.69) is 22.5 Å². The van der Waals surface area contributed by atoms with E-state index in [1.54, 1.807) is 0 Å². The van der Waals surface area contributed by atoms with Crippen molar-refractivity contribution >= 4 is 16.5 Å². The number of hydrogen-bond acceptors (Lipinski definition) is 2. The van der Waals surface area contributed by atoms with Crippen LogP contribution in [0.5, 0.6) is 5.75 Å². The first-order chi connectivity index (χ1) is 6.27. The summed E-state index contributed by atoms with van der Waals surface area (Å²) in [6.45, 7) is 1.62. The minimum Gasteiger partial charge on any atom is -0.477 e. The quantitative estimate of drug-likeness (QED) is 0.636. The second kappa shape index (κ2) is 3.52. The molecule has 0 bridgehead atoms. The standard InChI is InChI=1S/C10H13NOS/c1-13(2)11-7-9-5-3-4-6-10(9)12-8-11/h3-6H,1,7-8H2,2H3. The monoisotopic (exact) mass is 195 g/mol. The molecule has 1 unspecified atom stereocenters. The third-order valence-electron chi connectivity index (χ3n) is 2.12. The molecule has 0 saturated heterocycles. The first-order valence-corrected chi connectivity index (χ1v) is 5.94. The van der Waals surface area contributed by atoms with Crippen LogP contribution in [0, 0.1) is 0 Å². The molecule has 1 aliphatic rings. The fourth-order valence-electron chi connectivity index (χ4n) is 1.35. The van der Waals surface area contributed by atoms with E-state index < -0.39 is 0 Å². The number of rotatable bonds is 1. The summed E-state index contributed by atoms with van der Waals surface area (Å²) in [6, 6.07) is 8.17. The molecule has 3 heteroatoms. The van der Waals surface area contributed by atoms with Crippen LogP contribution in [0.1, 0.15) is 5.56 Å². The molecule has 0 N–H and O–H groups in total. The van der Waals surface area contributed by atoms with Gasteiger partial charge in [0.05, 0.1) is 0 Å². The third kappa shape index (κ3) is 1.76. The van der Waals surface area contributed by atoms with Gasteiger partial charge in [-0.15, -0.1) is 10.7 Å². The predicted octanol–water partition coefficient (Wildman–Crippen LogP) is 2.08. The first-order valence-electron chi connectivity index (χ1n) is 4.19. The molecule has 0 aliphatic carbocycles. The van der Waals surface area contributed by atoms with Gasteiger partial charge in [-0.3, -0.25) is 0 Å². The summed E-state index contributed by atoms with van der Waals surface area (Å²) in [5.41, 5.74) is 1.26. The Morgan fingerprint density at radius 3 is 3.00 bits per heavy atom. The maximum atomic E-state index is 5.59. The molecular formula is C10H13NOS. The zero-order valence-electron chi connectivity index (χ0n) is 7.69. The van der Waals surface area contributed by atoms with E-state index in [1.807, 2.05) is 18.2 Å². The van der Waals surface area contributed by atoms with Crippen molar-refractivity contribution in [1.82, 2.24) is 4.31 Å². The van der Waals surface area contributed by atoms with Crippen LogP contribution in [-0.2, 0) is 6.54 Å². The number of para-hydroxylation sites is 1. The van der Waals surface area contributed by atoms with E-state index in [9.17, 15) is 0 Å². The van der Waals surface area contributed by atoms with Gasteiger partial charge in [0.2, 0.25) is 0 Å². The average Bonchev–Trinajstić information content (AvgIpc) is 2.17. The molecular weight excluding hydrogens is 182 g/mol. The Hall–Kier alpha value is -0.800. The average molecular weight is 195 g/mol. The lowest BCUT2D eigenvalue weighted by Gasteiger charge is -2.29. The Labute approximate surface area is 81.2 Å². The van der Waals surface area contributed by atoms with E-state index in [1.165, 1.54) is 5.56 Å². The van der Waals surface area contributed by atoms with Crippen molar-refractivity contribution in [2.45, 2.75) is 6.54 Å². The lowest BCUT2D eigenvalue weighted by Crippen LogP contribution is -2.27. The van der Waals surface area contributed by atoms with Crippen LogP contribution in [0.2, 0.25) is 0 Å². The Morgan fingerprint density at radius 2 is 2.23 bits per heavy atom. The van der Waals surface area contributed by atoms with Crippen LogP contribution in [0.4, 0.5) is 0 Å². The van der Waals surface area contributed by atoms with Crippen LogP contribution in [0.15, 0.2) is 24.3 Å². The van der Waals surface area contributed by atoms with Crippen LogP contribution >= 0.6 is 10.7 Å². The van der Waals surface area contributed by atoms with Crippen molar-refractivity contribution in [1.29, 1.82) is 0 Å². The largest absolute Gasteiger partial charge is 0.477 e. The van der Waals surface area contributed by atoms with Gasteiger partial charge in [-0.2, -0.15) is 0 Å². The molecule has 0 aromatic heterocycles. The second-order valence-electron chi connectivity index (χ2n) is 3.12. The summed E-state index contributed by atoms with van der Waals surface area (Å²) >= 11 is 0. The lowest BCUT2D eigenvalue weighted by atomic mass is 10.2. The molecule has 1 aromatic carbocycles. The normalized spacial score (nSPS) is 18.8. The van der Waals surface area contributed by atoms with E-state index >= 15 is 0 Å². The van der Waals surface area contributed by atoms with Crippen molar-refractivity contribution in [2.24, 2.45) is 0 Å². The fourth-order valence-corrected chi connectivity index (χ4v) is 1.94. The molecule has 1 aliphatic heterocycles. The van der Waals surface area contributed by atoms with Gasteiger partial charge in [-0.05, 0) is 12.3 Å². The van der Waals surface area contributed by atoms with Crippen molar-refractivity contribution in [3.05, 3.63) is 29.8 Å². The first kappa shape index (κ1) is 8.78. The van der Waals surface area contributed by atoms with Gasteiger partial charge in [0, 0.05) is 12.1 Å². The molecule has 70 valence electrons. The molecule has 0 fully saturated rings. The summed E-state index contributed by atoms with van der Waals surface area (Å²) in [5.74, 6) is 5.03. The molecule has 1 heterocycles. The molecule has 1 atom stereocenters. The molecule has 1 aromatic rings. The van der Waals surface area contributed by atoms with E-state index in [4.69, 9.17) is 4.74 Å². The Kier molecular flexibility index (Phi) is 2.38. The van der Waals surface area contributed by atoms with E-state index in [0.717, 1.165) is 12.3 Å². The number of fused-ring (bicyclic) bond motifs is 1. The number of hydrogen-bond donors (Lipinski definition) is 0. The minimum atomic E-state index is 0.0490. The summed E-state index contributed by atoms with van der Waals surface area (Å²) in [7, 11) is 0.0490. The van der Waals surface area contributed by atoms with Crippen LogP contribution in [0.3, 0.4) is 0 Å². The molecule has 0 amide bonds. The molecule has 2 rings (SSSR count). The lowest BCUT2D eigenvalue weighted by molar-refractivity contribution is 0.181. The van der Waals surface area contributed by atoms with Crippen molar-refractivity contribution < 1.29 is 4.74 Å². The maximum Gasteiger partial charge on any atom is 0.150 e. The second-order valence-corrected chi connectivity index (χ2v) is 4.84. The summed E-state index contributed by atoms with van der Waals surface area (Å²) in [6.07, 6.45) is 2.11. The number of ether oxygens (including phenoxy) is 1. The summed E-state index contributed by atoms with van der Waals surface area (Å²) in [5, 5.41) is 0. The highest BCUT2D eigenvalue weighted by molar-refractivity contribution is 8.11. The van der Waals surface area contributed by atoms with Crippen LogP contribution < -0.4 is 4.74 Å². The van der Waals surface area contributed by atoms with Gasteiger partial charge in [0.15, 0.2) is 6.73 Å². The van der Waals surface area contributed by atoms with Crippen molar-refractivity contribution in [3.8, 4) is 5.75 Å². The topological polar surface area (TPSA) is 12.5 Å². The smallest absolute Gasteiger partial charge is 0.150 e. The van der Waals surface area contributed by atoms with Crippen molar-refractivity contribution in [2.75, 3.05) is 13.0 Å². The summed E-state index contributed by atoms with van der Waals surface area (Å²) in [4.78, 5) is 0.